The molecule has 1 fully saturated rings. The highest BCUT2D eigenvalue weighted by atomic mass is 19.1. The van der Waals surface area contributed by atoms with Gasteiger partial charge in [0, 0.05) is 48.6 Å². The fourth-order valence-electron chi connectivity index (χ4n) is 3.95. The number of nitrogens with zero attached hydrogens (tertiary/aromatic N) is 3. The molecule has 0 atom stereocenters. The Bertz CT molecular complexity index is 1520. The summed E-state index contributed by atoms with van der Waals surface area (Å²) in [5.74, 6) is -1.12. The molecule has 5 rings (SSSR count). The van der Waals surface area contributed by atoms with Gasteiger partial charge in [-0.3, -0.25) is 14.3 Å². The van der Waals surface area contributed by atoms with Crippen molar-refractivity contribution in [3.05, 3.63) is 81.4 Å². The average Bonchev–Trinajstić information content (AvgIpc) is 3.46. The molecule has 9 heteroatoms. The van der Waals surface area contributed by atoms with Crippen molar-refractivity contribution in [2.45, 2.75) is 19.4 Å². The third-order valence-corrected chi connectivity index (χ3v) is 5.79. The topological polar surface area (TPSA) is 109 Å². The average molecular weight is 448 g/mol. The number of pyridine rings is 1. The SMILES string of the molecule is Cn1cc(-c2cc(CO)cc(NC(=O)c3c/c(=C(/O)C4CC4)n4ccc(=O)cc34)c2F)cn1. The number of hydrogen-bond donors (Lipinski definition) is 3. The van der Waals surface area contributed by atoms with E-state index in [1.165, 1.54) is 47.4 Å². The third-order valence-electron chi connectivity index (χ3n) is 5.79. The minimum atomic E-state index is -0.672. The number of amides is 1. The lowest BCUT2D eigenvalue weighted by molar-refractivity contribution is 0.102. The van der Waals surface area contributed by atoms with E-state index in [2.05, 4.69) is 10.4 Å². The summed E-state index contributed by atoms with van der Waals surface area (Å²) in [7, 11) is 1.70. The maximum Gasteiger partial charge on any atom is 0.257 e. The van der Waals surface area contributed by atoms with Crippen LogP contribution in [-0.4, -0.2) is 30.3 Å². The number of aliphatic hydroxyl groups is 2. The summed E-state index contributed by atoms with van der Waals surface area (Å²) in [6.45, 7) is -0.348. The molecule has 0 radical (unpaired) electrons. The fraction of sp³-hybridized carbons (Fsp3) is 0.208. The lowest BCUT2D eigenvalue weighted by Gasteiger charge is -2.11. The van der Waals surface area contributed by atoms with Gasteiger partial charge in [-0.1, -0.05) is 0 Å². The largest absolute Gasteiger partial charge is 0.510 e. The van der Waals surface area contributed by atoms with Gasteiger partial charge < -0.3 is 19.9 Å². The summed E-state index contributed by atoms with van der Waals surface area (Å²) in [5.41, 5.74) is 1.14. The van der Waals surface area contributed by atoms with Gasteiger partial charge in [0.05, 0.1) is 34.9 Å². The van der Waals surface area contributed by atoms with Crippen molar-refractivity contribution < 1.29 is 19.4 Å². The number of aryl methyl sites for hydroxylation is 1. The number of fused-ring (bicyclic) bond motifs is 1. The zero-order valence-electron chi connectivity index (χ0n) is 17.7. The molecule has 0 unspecified atom stereocenters. The van der Waals surface area contributed by atoms with Gasteiger partial charge in [0.1, 0.15) is 5.76 Å². The van der Waals surface area contributed by atoms with Crippen LogP contribution in [0.3, 0.4) is 0 Å². The van der Waals surface area contributed by atoms with Crippen molar-refractivity contribution in [2.75, 3.05) is 5.32 Å². The second-order valence-electron chi connectivity index (χ2n) is 8.24. The maximum atomic E-state index is 15.4. The van der Waals surface area contributed by atoms with E-state index in [9.17, 15) is 19.8 Å². The van der Waals surface area contributed by atoms with Gasteiger partial charge in [0.15, 0.2) is 11.2 Å². The van der Waals surface area contributed by atoms with Crippen molar-refractivity contribution in [1.82, 2.24) is 14.2 Å². The Balaban J connectivity index is 1.60. The van der Waals surface area contributed by atoms with Crippen LogP contribution in [0.4, 0.5) is 10.1 Å². The Morgan fingerprint density at radius 2 is 2.06 bits per heavy atom. The molecule has 1 aromatic carbocycles. The van der Waals surface area contributed by atoms with Crippen LogP contribution in [0.5, 0.6) is 0 Å². The van der Waals surface area contributed by atoms with Gasteiger partial charge in [0.2, 0.25) is 0 Å². The molecule has 1 amide bonds. The quantitative estimate of drug-likeness (QED) is 0.434. The van der Waals surface area contributed by atoms with Crippen molar-refractivity contribution >= 4 is 22.9 Å². The maximum absolute atomic E-state index is 15.4. The second kappa shape index (κ2) is 7.86. The third kappa shape index (κ3) is 3.76. The van der Waals surface area contributed by atoms with Crippen LogP contribution in [0.15, 0.2) is 53.7 Å². The van der Waals surface area contributed by atoms with E-state index in [0.717, 1.165) is 12.8 Å². The second-order valence-corrected chi connectivity index (χ2v) is 8.24. The highest BCUT2D eigenvalue weighted by molar-refractivity contribution is 6.09. The number of carbonyl (C=O) groups excluding carboxylic acids is 1. The first kappa shape index (κ1) is 20.9. The summed E-state index contributed by atoms with van der Waals surface area (Å²) in [6, 6.07) is 7.02. The number of carbonyl (C=O) groups is 1. The Morgan fingerprint density at radius 3 is 2.73 bits per heavy atom. The van der Waals surface area contributed by atoms with Crippen LogP contribution in [-0.2, 0) is 13.7 Å². The van der Waals surface area contributed by atoms with Crippen LogP contribution in [0.25, 0.3) is 22.4 Å². The van der Waals surface area contributed by atoms with Crippen molar-refractivity contribution in [3.63, 3.8) is 0 Å². The Labute approximate surface area is 187 Å². The summed E-state index contributed by atoms with van der Waals surface area (Å²) in [4.78, 5) is 25.2. The number of anilines is 1. The van der Waals surface area contributed by atoms with Gasteiger partial charge in [-0.2, -0.15) is 5.10 Å². The van der Waals surface area contributed by atoms with Crippen molar-refractivity contribution in [3.8, 4) is 11.1 Å². The summed E-state index contributed by atoms with van der Waals surface area (Å²) >= 11 is 0. The first-order valence-electron chi connectivity index (χ1n) is 10.5. The number of rotatable bonds is 5. The lowest BCUT2D eigenvalue weighted by atomic mass is 10.0. The molecule has 0 spiro atoms. The molecule has 0 aliphatic heterocycles. The van der Waals surface area contributed by atoms with Crippen molar-refractivity contribution in [1.29, 1.82) is 0 Å². The zero-order chi connectivity index (χ0) is 23.3. The molecule has 3 N–H and O–H groups in total. The van der Waals surface area contributed by atoms with E-state index >= 15 is 4.39 Å². The number of aromatic nitrogens is 3. The lowest BCUT2D eigenvalue weighted by Crippen LogP contribution is -2.14. The predicted molar refractivity (Wildman–Crippen MR) is 120 cm³/mol. The van der Waals surface area contributed by atoms with Crippen LogP contribution in [0, 0.1) is 11.7 Å². The fourth-order valence-corrected chi connectivity index (χ4v) is 3.95. The van der Waals surface area contributed by atoms with Gasteiger partial charge in [-0.05, 0) is 36.6 Å². The molecular formula is C24H21FN4O4. The van der Waals surface area contributed by atoms with E-state index in [4.69, 9.17) is 0 Å². The normalized spacial score (nSPS) is 14.5. The van der Waals surface area contributed by atoms with E-state index in [-0.39, 0.29) is 40.5 Å². The molecule has 3 aromatic heterocycles. The highest BCUT2D eigenvalue weighted by Crippen LogP contribution is 2.35. The van der Waals surface area contributed by atoms with Crippen LogP contribution >= 0.6 is 0 Å². The molecular weight excluding hydrogens is 427 g/mol. The molecule has 33 heavy (non-hydrogen) atoms. The number of hydrogen-bond acceptors (Lipinski definition) is 5. The number of aliphatic hydroxyl groups excluding tert-OH is 2. The molecule has 1 aliphatic rings. The molecule has 0 saturated heterocycles. The minimum Gasteiger partial charge on any atom is -0.510 e. The van der Waals surface area contributed by atoms with E-state index < -0.39 is 11.7 Å². The van der Waals surface area contributed by atoms with Crippen LogP contribution < -0.4 is 16.1 Å². The Morgan fingerprint density at radius 1 is 1.27 bits per heavy atom. The number of nitrogens with one attached hydrogen (secondary N) is 1. The van der Waals surface area contributed by atoms with Gasteiger partial charge in [-0.15, -0.1) is 0 Å². The molecule has 8 nitrogen and oxygen atoms in total. The van der Waals surface area contributed by atoms with E-state index in [0.29, 0.717) is 22.0 Å². The Hall–Kier alpha value is -3.98. The molecule has 4 aromatic rings. The van der Waals surface area contributed by atoms with Crippen molar-refractivity contribution in [2.24, 2.45) is 13.0 Å². The minimum absolute atomic E-state index is 0.0339. The summed E-state index contributed by atoms with van der Waals surface area (Å²) < 4.78 is 18.5. The Kier molecular flexibility index (Phi) is 4.98. The van der Waals surface area contributed by atoms with Gasteiger partial charge in [-0.25, -0.2) is 4.39 Å². The van der Waals surface area contributed by atoms with E-state index in [1.54, 1.807) is 17.6 Å². The first-order chi connectivity index (χ1) is 15.9. The monoisotopic (exact) mass is 448 g/mol. The molecule has 3 heterocycles. The van der Waals surface area contributed by atoms with Gasteiger partial charge >= 0.3 is 0 Å². The smallest absolute Gasteiger partial charge is 0.257 e. The first-order valence-corrected chi connectivity index (χ1v) is 10.5. The van der Waals surface area contributed by atoms with Gasteiger partial charge in [0.25, 0.3) is 5.91 Å². The zero-order valence-corrected chi connectivity index (χ0v) is 17.7. The summed E-state index contributed by atoms with van der Waals surface area (Å²) in [6.07, 6.45) is 6.35. The number of halogens is 1. The molecule has 0 bridgehead atoms. The van der Waals surface area contributed by atoms with E-state index in [1.807, 2.05) is 0 Å². The standard InChI is InChI=1S/C24H21FN4O4/c1-28-11-15(10-26-28)17-6-13(12-30)7-19(22(17)25)27-24(33)18-9-21(23(32)14-2-3-14)29-5-4-16(31)8-20(18)29/h4-11,14,30,32H,2-3,12H2,1H3,(H,27,33)/b23-21-. The predicted octanol–water partition coefficient (Wildman–Crippen LogP) is 2.38. The van der Waals surface area contributed by atoms with Crippen LogP contribution in [0.1, 0.15) is 28.8 Å². The molecule has 168 valence electrons. The molecule has 1 aliphatic carbocycles. The summed E-state index contributed by atoms with van der Waals surface area (Å²) in [5, 5.41) is 27.3. The van der Waals surface area contributed by atoms with Crippen LogP contribution in [0.2, 0.25) is 0 Å². The number of benzene rings is 1. The highest BCUT2D eigenvalue weighted by Gasteiger charge is 2.28. The molecule has 1 saturated carbocycles.